The minimum absolute atomic E-state index is 0.360. The van der Waals surface area contributed by atoms with Gasteiger partial charge in [0.05, 0.1) is 16.8 Å². The molecule has 0 saturated heterocycles. The molecule has 0 spiro atoms. The van der Waals surface area contributed by atoms with Crippen LogP contribution in [-0.2, 0) is 9.59 Å². The molecule has 0 bridgehead atoms. The van der Waals surface area contributed by atoms with Gasteiger partial charge in [0.25, 0.3) is 0 Å². The van der Waals surface area contributed by atoms with Gasteiger partial charge in [-0.15, -0.1) is 0 Å². The number of pyridine rings is 1. The molecule has 0 fully saturated rings. The van der Waals surface area contributed by atoms with Crippen LogP contribution in [0.2, 0.25) is 5.02 Å². The van der Waals surface area contributed by atoms with Gasteiger partial charge in [-0.25, -0.2) is 0 Å². The Labute approximate surface area is 104 Å². The van der Waals surface area contributed by atoms with Crippen molar-refractivity contribution in [3.63, 3.8) is 0 Å². The van der Waals surface area contributed by atoms with Crippen LogP contribution in [0.4, 0.5) is 0 Å². The largest absolute Gasteiger partial charge is 0.481 e. The molecule has 1 aromatic heterocycles. The van der Waals surface area contributed by atoms with Gasteiger partial charge in [-0.1, -0.05) is 11.6 Å². The Hall–Kier alpha value is -1.62. The molecule has 17 heavy (non-hydrogen) atoms. The molecule has 1 heterocycles. The summed E-state index contributed by atoms with van der Waals surface area (Å²) in [5.41, 5.74) is 0.625. The first-order valence-corrected chi connectivity index (χ1v) is 5.44. The highest BCUT2D eigenvalue weighted by Crippen LogP contribution is 2.13. The van der Waals surface area contributed by atoms with Crippen molar-refractivity contribution in [2.75, 3.05) is 0 Å². The quantitative estimate of drug-likeness (QED) is 0.803. The van der Waals surface area contributed by atoms with Crippen LogP contribution in [0.1, 0.15) is 25.6 Å². The predicted octanol–water partition coefficient (Wildman–Crippen LogP) is 1.63. The molecule has 1 amide bonds. The summed E-state index contributed by atoms with van der Waals surface area (Å²) in [7, 11) is 0. The maximum absolute atomic E-state index is 11.5. The molecule has 0 aliphatic carbocycles. The van der Waals surface area contributed by atoms with E-state index in [1.54, 1.807) is 19.1 Å². The fourth-order valence-corrected chi connectivity index (χ4v) is 1.28. The number of carboxylic acids is 1. The Kier molecular flexibility index (Phi) is 4.45. The van der Waals surface area contributed by atoms with Crippen LogP contribution >= 0.6 is 11.6 Å². The van der Waals surface area contributed by atoms with E-state index in [2.05, 4.69) is 10.3 Å². The van der Waals surface area contributed by atoms with Crippen LogP contribution in [-0.4, -0.2) is 22.0 Å². The van der Waals surface area contributed by atoms with E-state index < -0.39 is 17.8 Å². The molecule has 0 saturated carbocycles. The van der Waals surface area contributed by atoms with E-state index in [0.717, 1.165) is 0 Å². The molecule has 0 aliphatic rings. The molecular formula is C11H13ClN2O3. The number of aromatic nitrogens is 1. The summed E-state index contributed by atoms with van der Waals surface area (Å²) in [6.45, 7) is 3.06. The van der Waals surface area contributed by atoms with Gasteiger partial charge in [-0.3, -0.25) is 14.6 Å². The second kappa shape index (κ2) is 5.63. The van der Waals surface area contributed by atoms with Crippen molar-refractivity contribution in [2.24, 2.45) is 5.92 Å². The minimum atomic E-state index is -1.15. The van der Waals surface area contributed by atoms with Crippen LogP contribution < -0.4 is 5.32 Å². The number of carboxylic acid groups (broad SMARTS) is 1. The van der Waals surface area contributed by atoms with Crippen molar-refractivity contribution < 1.29 is 14.7 Å². The van der Waals surface area contributed by atoms with Gasteiger partial charge in [0.2, 0.25) is 5.91 Å². The first kappa shape index (κ1) is 13.4. The van der Waals surface area contributed by atoms with Crippen LogP contribution in [0, 0.1) is 5.92 Å². The molecule has 6 heteroatoms. The van der Waals surface area contributed by atoms with E-state index in [0.29, 0.717) is 10.7 Å². The van der Waals surface area contributed by atoms with Crippen molar-refractivity contribution >= 4 is 23.5 Å². The lowest BCUT2D eigenvalue weighted by Gasteiger charge is -2.15. The van der Waals surface area contributed by atoms with Crippen LogP contribution in [0.25, 0.3) is 0 Å². The van der Waals surface area contributed by atoms with E-state index in [1.807, 2.05) is 0 Å². The third-order valence-corrected chi connectivity index (χ3v) is 2.54. The van der Waals surface area contributed by atoms with Crippen LogP contribution in [0.5, 0.6) is 0 Å². The number of amides is 1. The van der Waals surface area contributed by atoms with Crippen molar-refractivity contribution in [2.45, 2.75) is 19.9 Å². The summed E-state index contributed by atoms with van der Waals surface area (Å²) in [6, 6.07) is 2.98. The zero-order chi connectivity index (χ0) is 13.0. The molecule has 5 nitrogen and oxygen atoms in total. The summed E-state index contributed by atoms with van der Waals surface area (Å²) in [5, 5.41) is 11.8. The lowest BCUT2D eigenvalue weighted by molar-refractivity contribution is -0.146. The summed E-state index contributed by atoms with van der Waals surface area (Å²) < 4.78 is 0. The molecule has 0 radical (unpaired) electrons. The van der Waals surface area contributed by atoms with E-state index in [9.17, 15) is 9.59 Å². The zero-order valence-corrected chi connectivity index (χ0v) is 10.2. The van der Waals surface area contributed by atoms with Crippen LogP contribution in [0.15, 0.2) is 18.3 Å². The van der Waals surface area contributed by atoms with Gasteiger partial charge in [0, 0.05) is 6.20 Å². The lowest BCUT2D eigenvalue weighted by atomic mass is 10.1. The summed E-state index contributed by atoms with van der Waals surface area (Å²) in [4.78, 5) is 26.1. The Morgan fingerprint density at radius 1 is 1.41 bits per heavy atom. The second-order valence-electron chi connectivity index (χ2n) is 3.69. The number of hydrogen-bond donors (Lipinski definition) is 2. The number of nitrogens with one attached hydrogen (secondary N) is 1. The number of carbonyl (C=O) groups is 2. The zero-order valence-electron chi connectivity index (χ0n) is 9.48. The predicted molar refractivity (Wildman–Crippen MR) is 62.6 cm³/mol. The highest BCUT2D eigenvalue weighted by atomic mass is 35.5. The number of halogens is 1. The highest BCUT2D eigenvalue weighted by Gasteiger charge is 2.22. The molecule has 92 valence electrons. The number of rotatable bonds is 4. The molecule has 1 aromatic rings. The average Bonchev–Trinajstić information content (AvgIpc) is 2.28. The number of hydrogen-bond acceptors (Lipinski definition) is 3. The van der Waals surface area contributed by atoms with Gasteiger partial charge in [-0.2, -0.15) is 0 Å². The smallest absolute Gasteiger partial charge is 0.315 e. The molecule has 2 atom stereocenters. The number of carbonyl (C=O) groups excluding carboxylic acids is 1. The maximum Gasteiger partial charge on any atom is 0.315 e. The van der Waals surface area contributed by atoms with Gasteiger partial charge in [-0.05, 0) is 26.0 Å². The SMILES string of the molecule is CC(C(=O)O)C(=O)N[C@H](C)c1ccc(Cl)cn1. The molecule has 1 unspecified atom stereocenters. The summed E-state index contributed by atoms with van der Waals surface area (Å²) in [5.74, 6) is -2.77. The number of aliphatic carboxylic acids is 1. The highest BCUT2D eigenvalue weighted by molar-refractivity contribution is 6.30. The van der Waals surface area contributed by atoms with Gasteiger partial charge in [0.1, 0.15) is 5.92 Å². The third kappa shape index (κ3) is 3.71. The first-order valence-electron chi connectivity index (χ1n) is 5.06. The monoisotopic (exact) mass is 256 g/mol. The fourth-order valence-electron chi connectivity index (χ4n) is 1.17. The Bertz CT molecular complexity index is 419. The molecule has 1 rings (SSSR count). The summed E-state index contributed by atoms with van der Waals surface area (Å²) >= 11 is 5.69. The second-order valence-corrected chi connectivity index (χ2v) is 4.13. The topological polar surface area (TPSA) is 79.3 Å². The van der Waals surface area contributed by atoms with Crippen molar-refractivity contribution in [1.82, 2.24) is 10.3 Å². The van der Waals surface area contributed by atoms with E-state index in [-0.39, 0.29) is 6.04 Å². The maximum atomic E-state index is 11.5. The van der Waals surface area contributed by atoms with Gasteiger partial charge >= 0.3 is 5.97 Å². The summed E-state index contributed by atoms with van der Waals surface area (Å²) in [6.07, 6.45) is 1.47. The first-order chi connectivity index (χ1) is 7.91. The number of nitrogens with zero attached hydrogens (tertiary/aromatic N) is 1. The molecule has 0 aromatic carbocycles. The van der Waals surface area contributed by atoms with Crippen LogP contribution in [0.3, 0.4) is 0 Å². The Balaban J connectivity index is 2.66. The van der Waals surface area contributed by atoms with Crippen molar-refractivity contribution in [1.29, 1.82) is 0 Å². The third-order valence-electron chi connectivity index (χ3n) is 2.32. The minimum Gasteiger partial charge on any atom is -0.481 e. The fraction of sp³-hybridized carbons (Fsp3) is 0.364. The van der Waals surface area contributed by atoms with E-state index in [4.69, 9.17) is 16.7 Å². The average molecular weight is 257 g/mol. The van der Waals surface area contributed by atoms with E-state index in [1.165, 1.54) is 13.1 Å². The van der Waals surface area contributed by atoms with Gasteiger partial charge < -0.3 is 10.4 Å². The van der Waals surface area contributed by atoms with Gasteiger partial charge in [0.15, 0.2) is 0 Å². The molecule has 0 aliphatic heterocycles. The normalized spacial score (nSPS) is 13.8. The Morgan fingerprint density at radius 2 is 2.06 bits per heavy atom. The lowest BCUT2D eigenvalue weighted by Crippen LogP contribution is -2.35. The molecular weight excluding hydrogens is 244 g/mol. The van der Waals surface area contributed by atoms with Crippen molar-refractivity contribution in [3.05, 3.63) is 29.0 Å². The van der Waals surface area contributed by atoms with E-state index >= 15 is 0 Å². The molecule has 2 N–H and O–H groups in total. The standard InChI is InChI=1S/C11H13ClN2O3/c1-6(11(16)17)10(15)14-7(2)9-4-3-8(12)5-13-9/h3-7H,1-2H3,(H,14,15)(H,16,17)/t6?,7-/m1/s1. The van der Waals surface area contributed by atoms with Crippen molar-refractivity contribution in [3.8, 4) is 0 Å². The Morgan fingerprint density at radius 3 is 2.53 bits per heavy atom.